The number of methoxy groups -OCH3 is 1. The number of pyridine rings is 2. The van der Waals surface area contributed by atoms with Crippen molar-refractivity contribution in [2.75, 3.05) is 12.4 Å². The second-order valence-corrected chi connectivity index (χ2v) is 7.87. The number of piperidine rings is 1. The highest BCUT2D eigenvalue weighted by atomic mass is 16.5. The third-order valence-corrected chi connectivity index (χ3v) is 5.80. The minimum Gasteiger partial charge on any atom is -0.481 e. The highest BCUT2D eigenvalue weighted by Crippen LogP contribution is 2.29. The summed E-state index contributed by atoms with van der Waals surface area (Å²) in [6.07, 6.45) is 3.67. The Morgan fingerprint density at radius 2 is 1.91 bits per heavy atom. The van der Waals surface area contributed by atoms with Crippen LogP contribution in [-0.2, 0) is 16.1 Å². The summed E-state index contributed by atoms with van der Waals surface area (Å²) in [7, 11) is 1.53. The Balaban J connectivity index is 1.33. The largest absolute Gasteiger partial charge is 0.481 e. The first-order valence-electron chi connectivity index (χ1n) is 10.3. The fraction of sp³-hybridized carbons (Fsp3) is 0.217. The Morgan fingerprint density at radius 3 is 2.70 bits per heavy atom. The van der Waals surface area contributed by atoms with Gasteiger partial charge in [-0.3, -0.25) is 29.5 Å². The van der Waals surface area contributed by atoms with Crippen LogP contribution in [0.15, 0.2) is 42.7 Å². The first kappa shape index (κ1) is 20.6. The Hall–Kier alpha value is -4.34. The van der Waals surface area contributed by atoms with Gasteiger partial charge < -0.3 is 15.0 Å². The minimum absolute atomic E-state index is 0.193. The minimum atomic E-state index is -0.685. The second kappa shape index (κ2) is 7.97. The van der Waals surface area contributed by atoms with Gasteiger partial charge in [-0.2, -0.15) is 0 Å². The van der Waals surface area contributed by atoms with Crippen molar-refractivity contribution in [3.05, 3.63) is 59.5 Å². The number of aromatic nitrogens is 2. The Morgan fingerprint density at radius 1 is 1.12 bits per heavy atom. The molecule has 1 atom stereocenters. The van der Waals surface area contributed by atoms with Crippen molar-refractivity contribution in [3.63, 3.8) is 0 Å². The van der Waals surface area contributed by atoms with Gasteiger partial charge >= 0.3 is 0 Å². The van der Waals surface area contributed by atoms with E-state index in [0.29, 0.717) is 29.1 Å². The number of fused-ring (bicyclic) bond motifs is 2. The molecule has 0 radical (unpaired) electrons. The van der Waals surface area contributed by atoms with Gasteiger partial charge in [0.25, 0.3) is 11.8 Å². The molecule has 33 heavy (non-hydrogen) atoms. The molecule has 0 saturated carbocycles. The van der Waals surface area contributed by atoms with Crippen LogP contribution in [0, 0.1) is 0 Å². The zero-order valence-corrected chi connectivity index (χ0v) is 17.6. The molecule has 1 aromatic carbocycles. The molecule has 2 aliphatic heterocycles. The van der Waals surface area contributed by atoms with E-state index < -0.39 is 17.9 Å². The van der Waals surface area contributed by atoms with E-state index in [1.165, 1.54) is 12.0 Å². The van der Waals surface area contributed by atoms with Gasteiger partial charge in [-0.15, -0.1) is 0 Å². The monoisotopic (exact) mass is 445 g/mol. The molecule has 4 heterocycles. The summed E-state index contributed by atoms with van der Waals surface area (Å²) in [4.78, 5) is 59.0. The van der Waals surface area contributed by atoms with E-state index in [-0.39, 0.29) is 30.5 Å². The normalized spacial score (nSPS) is 17.7. The van der Waals surface area contributed by atoms with Gasteiger partial charge in [0.15, 0.2) is 0 Å². The number of carbonyl (C=O) groups excluding carboxylic acids is 4. The Labute approximate surface area is 188 Å². The van der Waals surface area contributed by atoms with E-state index in [1.54, 1.807) is 42.7 Å². The van der Waals surface area contributed by atoms with Crippen molar-refractivity contribution < 1.29 is 23.9 Å². The Bertz CT molecular complexity index is 1340. The highest BCUT2D eigenvalue weighted by molar-refractivity contribution is 6.07. The summed E-state index contributed by atoms with van der Waals surface area (Å²) in [6, 6.07) is 7.66. The van der Waals surface area contributed by atoms with Crippen molar-refractivity contribution in [3.8, 4) is 5.88 Å². The molecule has 2 aliphatic rings. The van der Waals surface area contributed by atoms with Gasteiger partial charge in [0.05, 0.1) is 7.11 Å². The van der Waals surface area contributed by atoms with Gasteiger partial charge in [-0.1, -0.05) is 0 Å². The predicted molar refractivity (Wildman–Crippen MR) is 117 cm³/mol. The summed E-state index contributed by atoms with van der Waals surface area (Å²) in [5.41, 5.74) is 1.90. The molecule has 5 rings (SSSR count). The lowest BCUT2D eigenvalue weighted by Gasteiger charge is -2.29. The van der Waals surface area contributed by atoms with Crippen molar-refractivity contribution in [1.29, 1.82) is 0 Å². The number of anilines is 1. The van der Waals surface area contributed by atoms with Gasteiger partial charge in [-0.25, -0.2) is 4.98 Å². The van der Waals surface area contributed by atoms with E-state index in [2.05, 4.69) is 20.6 Å². The maximum absolute atomic E-state index is 12.8. The van der Waals surface area contributed by atoms with Gasteiger partial charge in [0.2, 0.25) is 17.7 Å². The van der Waals surface area contributed by atoms with Crippen LogP contribution in [0.25, 0.3) is 10.8 Å². The van der Waals surface area contributed by atoms with Crippen molar-refractivity contribution >= 4 is 40.1 Å². The molecule has 1 saturated heterocycles. The molecule has 10 heteroatoms. The van der Waals surface area contributed by atoms with Gasteiger partial charge in [-0.05, 0) is 36.2 Å². The smallest absolute Gasteiger partial charge is 0.274 e. The third-order valence-electron chi connectivity index (χ3n) is 5.80. The average Bonchev–Trinajstić information content (AvgIpc) is 3.13. The van der Waals surface area contributed by atoms with Crippen LogP contribution >= 0.6 is 0 Å². The lowest BCUT2D eigenvalue weighted by atomic mass is 10.0. The van der Waals surface area contributed by atoms with E-state index in [1.807, 2.05) is 0 Å². The lowest BCUT2D eigenvalue weighted by Crippen LogP contribution is -2.52. The first-order chi connectivity index (χ1) is 15.9. The number of imide groups is 1. The number of hydrogen-bond donors (Lipinski definition) is 2. The molecular formula is C23H19N5O5. The number of carbonyl (C=O) groups is 4. The molecule has 0 aliphatic carbocycles. The predicted octanol–water partition coefficient (Wildman–Crippen LogP) is 1.65. The molecule has 1 fully saturated rings. The summed E-state index contributed by atoms with van der Waals surface area (Å²) in [6.45, 7) is 0.228. The van der Waals surface area contributed by atoms with E-state index in [4.69, 9.17) is 4.74 Å². The molecule has 3 aromatic rings. The van der Waals surface area contributed by atoms with E-state index in [0.717, 1.165) is 10.8 Å². The van der Waals surface area contributed by atoms with Gasteiger partial charge in [0.1, 0.15) is 11.7 Å². The summed E-state index contributed by atoms with van der Waals surface area (Å²) < 4.78 is 5.10. The molecule has 2 aromatic heterocycles. The number of ether oxygens (including phenoxy) is 1. The van der Waals surface area contributed by atoms with Crippen LogP contribution < -0.4 is 15.4 Å². The molecular weight excluding hydrogens is 426 g/mol. The maximum Gasteiger partial charge on any atom is 0.274 e. The van der Waals surface area contributed by atoms with Crippen LogP contribution in [0.2, 0.25) is 0 Å². The zero-order valence-electron chi connectivity index (χ0n) is 17.6. The van der Waals surface area contributed by atoms with Crippen LogP contribution in [-0.4, -0.2) is 51.6 Å². The number of rotatable bonds is 4. The molecule has 1 unspecified atom stereocenters. The molecule has 2 N–H and O–H groups in total. The van der Waals surface area contributed by atoms with Crippen LogP contribution in [0.1, 0.15) is 39.3 Å². The van der Waals surface area contributed by atoms with Crippen LogP contribution in [0.3, 0.4) is 0 Å². The Kier molecular flexibility index (Phi) is 4.97. The average molecular weight is 445 g/mol. The molecule has 4 amide bonds. The SMILES string of the molecule is COc1cc2cnc(C(=O)Nc3ccc4c(c3)CN(C3CCC(=O)NC3=O)C4=O)cc2cn1. The third kappa shape index (κ3) is 3.75. The summed E-state index contributed by atoms with van der Waals surface area (Å²) in [5, 5.41) is 6.62. The van der Waals surface area contributed by atoms with Crippen molar-refractivity contribution in [2.24, 2.45) is 0 Å². The lowest BCUT2D eigenvalue weighted by molar-refractivity contribution is -0.136. The van der Waals surface area contributed by atoms with E-state index in [9.17, 15) is 19.2 Å². The van der Waals surface area contributed by atoms with Crippen LogP contribution in [0.5, 0.6) is 5.88 Å². The number of amides is 4. The fourth-order valence-corrected chi connectivity index (χ4v) is 4.10. The van der Waals surface area contributed by atoms with Crippen molar-refractivity contribution in [1.82, 2.24) is 20.2 Å². The molecule has 0 spiro atoms. The summed E-state index contributed by atoms with van der Waals surface area (Å²) in [5.74, 6) is -1.01. The number of benzene rings is 1. The van der Waals surface area contributed by atoms with Crippen molar-refractivity contribution in [2.45, 2.75) is 25.4 Å². The maximum atomic E-state index is 12.8. The summed E-state index contributed by atoms with van der Waals surface area (Å²) >= 11 is 0. The number of nitrogens with one attached hydrogen (secondary N) is 2. The standard InChI is InChI=1S/C23H19N5O5/c1-33-20-8-13-9-24-17(7-12(13)10-25-20)21(30)26-15-2-3-16-14(6-15)11-28(23(16)32)18-4-5-19(29)27-22(18)31/h2-3,6-10,18H,4-5,11H2,1H3,(H,26,30)(H,27,29,31). The van der Waals surface area contributed by atoms with Gasteiger partial charge in [0, 0.05) is 53.4 Å². The second-order valence-electron chi connectivity index (χ2n) is 7.87. The first-order valence-corrected chi connectivity index (χ1v) is 10.3. The molecule has 10 nitrogen and oxygen atoms in total. The molecule has 0 bridgehead atoms. The number of hydrogen-bond acceptors (Lipinski definition) is 7. The fourth-order valence-electron chi connectivity index (χ4n) is 4.10. The van der Waals surface area contributed by atoms with Crippen LogP contribution in [0.4, 0.5) is 5.69 Å². The van der Waals surface area contributed by atoms with E-state index >= 15 is 0 Å². The molecule has 166 valence electrons. The number of nitrogens with zero attached hydrogens (tertiary/aromatic N) is 3. The topological polar surface area (TPSA) is 131 Å². The quantitative estimate of drug-likeness (QED) is 0.584. The zero-order chi connectivity index (χ0) is 23.1. The highest BCUT2D eigenvalue weighted by Gasteiger charge is 2.39.